The molecule has 4 rings (SSSR count). The van der Waals surface area contributed by atoms with Crippen molar-refractivity contribution in [2.45, 2.75) is 20.8 Å². The molecule has 33 heavy (non-hydrogen) atoms. The summed E-state index contributed by atoms with van der Waals surface area (Å²) in [7, 11) is 0. The van der Waals surface area contributed by atoms with Gasteiger partial charge in [0.05, 0.1) is 17.1 Å². The van der Waals surface area contributed by atoms with Crippen LogP contribution in [-0.2, 0) is 4.79 Å². The number of hydrazone groups is 2. The van der Waals surface area contributed by atoms with Crippen LogP contribution in [0.5, 0.6) is 5.75 Å². The lowest BCUT2D eigenvalue weighted by molar-refractivity contribution is -0.112. The molecule has 0 aliphatic carbocycles. The van der Waals surface area contributed by atoms with Gasteiger partial charge in [0.25, 0.3) is 5.24 Å². The molecule has 0 atom stereocenters. The summed E-state index contributed by atoms with van der Waals surface area (Å²) in [6.45, 7) is 5.67. The summed E-state index contributed by atoms with van der Waals surface area (Å²) in [5.41, 5.74) is 7.93. The number of anilines is 2. The van der Waals surface area contributed by atoms with Gasteiger partial charge in [0, 0.05) is 11.1 Å². The number of phenolic OH excluding ortho intramolecular Hbond substituents is 1. The molecule has 0 aromatic heterocycles. The number of rotatable bonds is 5. The van der Waals surface area contributed by atoms with Gasteiger partial charge in [-0.1, -0.05) is 36.4 Å². The van der Waals surface area contributed by atoms with Crippen molar-refractivity contribution in [2.75, 3.05) is 10.4 Å². The average Bonchev–Trinajstić information content (AvgIpc) is 3.08. The lowest BCUT2D eigenvalue weighted by Crippen LogP contribution is -2.28. The van der Waals surface area contributed by atoms with Gasteiger partial charge in [-0.15, -0.1) is 0 Å². The second kappa shape index (κ2) is 8.88. The largest absolute Gasteiger partial charge is 0.505 e. The molecular weight excluding hydrogens is 440 g/mol. The molecule has 2 N–H and O–H groups in total. The van der Waals surface area contributed by atoms with Crippen LogP contribution in [0.25, 0.3) is 11.1 Å². The van der Waals surface area contributed by atoms with Crippen molar-refractivity contribution >= 4 is 45.5 Å². The molecule has 0 fully saturated rings. The average molecular weight is 461 g/mol. The quantitative estimate of drug-likeness (QED) is 0.309. The van der Waals surface area contributed by atoms with Crippen molar-refractivity contribution < 1.29 is 14.7 Å². The third-order valence-electron chi connectivity index (χ3n) is 5.45. The van der Waals surface area contributed by atoms with Gasteiger partial charge in [-0.2, -0.15) is 15.2 Å². The summed E-state index contributed by atoms with van der Waals surface area (Å²) < 4.78 is 0. The molecule has 1 heterocycles. The Labute approximate surface area is 196 Å². The van der Waals surface area contributed by atoms with Crippen LogP contribution >= 0.6 is 11.6 Å². The zero-order chi connectivity index (χ0) is 23.7. The summed E-state index contributed by atoms with van der Waals surface area (Å²) in [6, 6.07) is 17.4. The first-order valence-electron chi connectivity index (χ1n) is 10.2. The molecular formula is C25H21ClN4O3. The number of hydrogen-bond donors (Lipinski definition) is 2. The fraction of sp³-hybridized carbons (Fsp3) is 0.120. The lowest BCUT2D eigenvalue weighted by atomic mass is 10.0. The molecule has 0 saturated heterocycles. The maximum atomic E-state index is 12.9. The maximum Gasteiger partial charge on any atom is 0.301 e. The zero-order valence-electron chi connectivity index (χ0n) is 18.3. The second-order valence-corrected chi connectivity index (χ2v) is 8.04. The number of para-hydroxylation sites is 1. The van der Waals surface area contributed by atoms with E-state index in [9.17, 15) is 14.7 Å². The summed E-state index contributed by atoms with van der Waals surface area (Å²) in [6.07, 6.45) is 0. The van der Waals surface area contributed by atoms with Crippen LogP contribution < -0.4 is 10.4 Å². The topological polar surface area (TPSA) is 94.4 Å². The van der Waals surface area contributed by atoms with Gasteiger partial charge in [-0.3, -0.25) is 15.0 Å². The van der Waals surface area contributed by atoms with Crippen molar-refractivity contribution in [2.24, 2.45) is 10.2 Å². The van der Waals surface area contributed by atoms with Crippen LogP contribution in [0.2, 0.25) is 0 Å². The fourth-order valence-electron chi connectivity index (χ4n) is 3.45. The predicted octanol–water partition coefficient (Wildman–Crippen LogP) is 5.25. The highest BCUT2D eigenvalue weighted by molar-refractivity contribution is 6.71. The zero-order valence-corrected chi connectivity index (χ0v) is 19.0. The summed E-state index contributed by atoms with van der Waals surface area (Å²) in [5, 5.41) is 20.1. The SMILES string of the molecule is CC1=NN(c2ccc(C)c(C)c2)C(=O)/C1=N\Nc1cccc(-c2cccc(C(=O)Cl)c2)c1O. The first kappa shape index (κ1) is 22.2. The maximum absolute atomic E-state index is 12.9. The van der Waals surface area contributed by atoms with Crippen LogP contribution in [-0.4, -0.2) is 27.7 Å². The Morgan fingerprint density at radius 1 is 1.03 bits per heavy atom. The number of nitrogens with zero attached hydrogens (tertiary/aromatic N) is 3. The molecule has 166 valence electrons. The van der Waals surface area contributed by atoms with Crippen molar-refractivity contribution in [3.8, 4) is 16.9 Å². The van der Waals surface area contributed by atoms with Crippen molar-refractivity contribution in [3.05, 3.63) is 77.4 Å². The number of halogens is 1. The standard InChI is InChI=1S/C25H21ClN4O3/c1-14-10-11-19(12-15(14)2)30-25(33)22(16(3)29-30)28-27-21-9-5-8-20(23(21)31)17-6-4-7-18(13-17)24(26)32/h4-13,27,31H,1-3H3/b28-22-. The second-order valence-electron chi connectivity index (χ2n) is 7.70. The number of benzene rings is 3. The molecule has 1 aliphatic rings. The minimum Gasteiger partial charge on any atom is -0.505 e. The van der Waals surface area contributed by atoms with Gasteiger partial charge in [0.1, 0.15) is 5.75 Å². The highest BCUT2D eigenvalue weighted by Gasteiger charge is 2.31. The van der Waals surface area contributed by atoms with E-state index in [4.69, 9.17) is 11.6 Å². The van der Waals surface area contributed by atoms with E-state index in [0.29, 0.717) is 33.8 Å². The number of phenols is 1. The molecule has 1 aliphatic heterocycles. The van der Waals surface area contributed by atoms with Gasteiger partial charge in [0.2, 0.25) is 0 Å². The van der Waals surface area contributed by atoms with Gasteiger partial charge in [-0.05, 0) is 73.3 Å². The number of nitrogens with one attached hydrogen (secondary N) is 1. The molecule has 0 saturated carbocycles. The normalized spacial score (nSPS) is 14.5. The van der Waals surface area contributed by atoms with Crippen LogP contribution in [0.15, 0.2) is 70.9 Å². The Kier molecular flexibility index (Phi) is 5.98. The summed E-state index contributed by atoms with van der Waals surface area (Å²) in [4.78, 5) is 24.4. The first-order valence-corrected chi connectivity index (χ1v) is 10.6. The third kappa shape index (κ3) is 4.36. The van der Waals surface area contributed by atoms with Gasteiger partial charge in [-0.25, -0.2) is 0 Å². The van der Waals surface area contributed by atoms with E-state index in [-0.39, 0.29) is 17.4 Å². The minimum atomic E-state index is -0.583. The molecule has 0 bridgehead atoms. The first-order chi connectivity index (χ1) is 15.8. The molecule has 1 amide bonds. The summed E-state index contributed by atoms with van der Waals surface area (Å²) >= 11 is 5.58. The Morgan fingerprint density at radius 3 is 2.52 bits per heavy atom. The van der Waals surface area contributed by atoms with Crippen molar-refractivity contribution in [1.82, 2.24) is 0 Å². The lowest BCUT2D eigenvalue weighted by Gasteiger charge is -2.13. The molecule has 0 radical (unpaired) electrons. The van der Waals surface area contributed by atoms with Gasteiger partial charge in [0.15, 0.2) is 5.71 Å². The van der Waals surface area contributed by atoms with E-state index in [1.165, 1.54) is 5.01 Å². The highest BCUT2D eigenvalue weighted by Crippen LogP contribution is 2.36. The third-order valence-corrected chi connectivity index (χ3v) is 5.67. The van der Waals surface area contributed by atoms with Gasteiger partial charge < -0.3 is 5.11 Å². The van der Waals surface area contributed by atoms with E-state index in [2.05, 4.69) is 15.6 Å². The van der Waals surface area contributed by atoms with E-state index in [1.807, 2.05) is 32.0 Å². The molecule has 3 aromatic carbocycles. The smallest absolute Gasteiger partial charge is 0.301 e. The molecule has 3 aromatic rings. The van der Waals surface area contributed by atoms with Gasteiger partial charge >= 0.3 is 5.91 Å². The highest BCUT2D eigenvalue weighted by atomic mass is 35.5. The number of amides is 1. The van der Waals surface area contributed by atoms with Crippen molar-refractivity contribution in [3.63, 3.8) is 0 Å². The van der Waals surface area contributed by atoms with Crippen LogP contribution in [0.1, 0.15) is 28.4 Å². The number of carbonyl (C=O) groups excluding carboxylic acids is 2. The summed E-state index contributed by atoms with van der Waals surface area (Å²) in [5.74, 6) is -0.445. The Balaban J connectivity index is 1.61. The Hall–Kier alpha value is -3.97. The van der Waals surface area contributed by atoms with Crippen molar-refractivity contribution in [1.29, 1.82) is 0 Å². The van der Waals surface area contributed by atoms with E-state index in [1.54, 1.807) is 49.4 Å². The molecule has 8 heteroatoms. The number of aromatic hydroxyl groups is 1. The number of carbonyl (C=O) groups is 2. The monoisotopic (exact) mass is 460 g/mol. The molecule has 7 nitrogen and oxygen atoms in total. The van der Waals surface area contributed by atoms with Crippen LogP contribution in [0.4, 0.5) is 11.4 Å². The number of aryl methyl sites for hydroxylation is 2. The predicted molar refractivity (Wildman–Crippen MR) is 131 cm³/mol. The fourth-order valence-corrected chi connectivity index (χ4v) is 3.57. The molecule has 0 spiro atoms. The molecule has 0 unspecified atom stereocenters. The van der Waals surface area contributed by atoms with Crippen LogP contribution in [0, 0.1) is 13.8 Å². The van der Waals surface area contributed by atoms with E-state index < -0.39 is 5.24 Å². The van der Waals surface area contributed by atoms with Crippen LogP contribution in [0.3, 0.4) is 0 Å². The van der Waals surface area contributed by atoms with E-state index in [0.717, 1.165) is 11.1 Å². The Morgan fingerprint density at radius 2 is 1.79 bits per heavy atom. The van der Waals surface area contributed by atoms with E-state index >= 15 is 0 Å². The Bertz CT molecular complexity index is 1350. The number of hydrogen-bond acceptors (Lipinski definition) is 6. The minimum absolute atomic E-state index is 0.0768.